The summed E-state index contributed by atoms with van der Waals surface area (Å²) in [7, 11) is 0. The van der Waals surface area contributed by atoms with Crippen molar-refractivity contribution < 1.29 is 32.6 Å². The van der Waals surface area contributed by atoms with Gasteiger partial charge in [0.05, 0.1) is 36.8 Å². The van der Waals surface area contributed by atoms with E-state index in [0.29, 0.717) is 16.9 Å². The van der Waals surface area contributed by atoms with E-state index in [9.17, 15) is 23.2 Å². The smallest absolute Gasteiger partial charge is 0.414 e. The van der Waals surface area contributed by atoms with E-state index in [1.54, 1.807) is 12.1 Å². The summed E-state index contributed by atoms with van der Waals surface area (Å²) < 4.78 is 44.8. The molecular weight excluding hydrogens is 481 g/mol. The Hall–Kier alpha value is -3.80. The number of ether oxygens (including phenoxy) is 1. The second kappa shape index (κ2) is 11.8. The first-order valence-electron chi connectivity index (χ1n) is 11.2. The molecule has 2 aromatic rings. The lowest BCUT2D eigenvalue weighted by Gasteiger charge is -2.16. The Morgan fingerprint density at radius 3 is 2.47 bits per heavy atom. The van der Waals surface area contributed by atoms with Crippen LogP contribution in [0.15, 0.2) is 41.2 Å². The van der Waals surface area contributed by atoms with Gasteiger partial charge in [-0.25, -0.2) is 9.18 Å². The van der Waals surface area contributed by atoms with Gasteiger partial charge in [0, 0.05) is 12.2 Å². The number of hydrogen-bond acceptors (Lipinski definition) is 7. The maximum Gasteiger partial charge on any atom is 0.414 e. The first-order chi connectivity index (χ1) is 17.1. The summed E-state index contributed by atoms with van der Waals surface area (Å²) in [4.78, 5) is 36.9. The molecule has 0 radical (unpaired) electrons. The number of amides is 2. The Labute approximate surface area is 205 Å². The van der Waals surface area contributed by atoms with Crippen molar-refractivity contribution in [1.82, 2.24) is 5.32 Å². The fourth-order valence-corrected chi connectivity index (χ4v) is 3.62. The minimum atomic E-state index is -3.18. The molecule has 0 aromatic heterocycles. The first kappa shape index (κ1) is 26.8. The van der Waals surface area contributed by atoms with Crippen molar-refractivity contribution >= 4 is 34.7 Å². The van der Waals surface area contributed by atoms with Gasteiger partial charge in [-0.15, -0.1) is 0 Å². The maximum atomic E-state index is 15.0. The fraction of sp³-hybridized carbons (Fsp3) is 0.375. The Balaban J connectivity index is 1.79. The topological polar surface area (TPSA) is 120 Å². The molecule has 4 N–H and O–H groups in total. The molecule has 1 aliphatic heterocycles. The largest absolute Gasteiger partial charge is 0.442 e. The quantitative estimate of drug-likeness (QED) is 0.389. The van der Waals surface area contributed by atoms with E-state index in [1.807, 2.05) is 19.2 Å². The number of nitrogens with zero attached hydrogens (tertiary/aromatic N) is 1. The lowest BCUT2D eigenvalue weighted by atomic mass is 10.0. The lowest BCUT2D eigenvalue weighted by Crippen LogP contribution is -2.37. The van der Waals surface area contributed by atoms with Crippen LogP contribution in [-0.2, 0) is 9.53 Å². The molecule has 36 heavy (non-hydrogen) atoms. The highest BCUT2D eigenvalue weighted by molar-refractivity contribution is 5.90. The molecule has 0 unspecified atom stereocenters. The van der Waals surface area contributed by atoms with Gasteiger partial charge in [-0.1, -0.05) is 13.8 Å². The van der Waals surface area contributed by atoms with Crippen molar-refractivity contribution in [3.05, 3.63) is 58.0 Å². The molecule has 0 aliphatic carbocycles. The average molecular weight is 508 g/mol. The second-order valence-electron chi connectivity index (χ2n) is 8.38. The molecule has 0 saturated carbocycles. The number of anilines is 4. The molecule has 0 spiro atoms. The number of carbonyl (C=O) groups is 2. The third-order valence-corrected chi connectivity index (χ3v) is 5.44. The molecule has 194 valence electrons. The Kier molecular flexibility index (Phi) is 8.75. The molecule has 9 nitrogen and oxygen atoms in total. The van der Waals surface area contributed by atoms with Gasteiger partial charge in [0.2, 0.25) is 5.43 Å². The van der Waals surface area contributed by atoms with Crippen molar-refractivity contribution in [2.24, 2.45) is 0 Å². The SMILES string of the molecule is CC(C)c1cc(=O)c(NCCO)ccc1Nc1ccc(N2C[C@H](CNC(=O)C(F)F)OC2=O)cc1F. The highest BCUT2D eigenvalue weighted by atomic mass is 19.3. The van der Waals surface area contributed by atoms with Crippen LogP contribution in [0.25, 0.3) is 0 Å². The molecule has 2 aromatic carbocycles. The zero-order valence-electron chi connectivity index (χ0n) is 19.7. The van der Waals surface area contributed by atoms with Crippen molar-refractivity contribution in [3.63, 3.8) is 0 Å². The molecule has 1 aliphatic rings. The summed E-state index contributed by atoms with van der Waals surface area (Å²) in [6.07, 6.45) is -4.85. The van der Waals surface area contributed by atoms with E-state index < -0.39 is 30.3 Å². The van der Waals surface area contributed by atoms with Crippen LogP contribution < -0.4 is 26.3 Å². The van der Waals surface area contributed by atoms with E-state index in [-0.39, 0.29) is 49.0 Å². The summed E-state index contributed by atoms with van der Waals surface area (Å²) in [6.45, 7) is 3.48. The number of carbonyl (C=O) groups excluding carboxylic acids is 2. The summed E-state index contributed by atoms with van der Waals surface area (Å²) in [6, 6.07) is 8.66. The molecule has 0 bridgehead atoms. The number of cyclic esters (lactones) is 1. The standard InChI is InChI=1S/C24H27F3N4O5/c1-13(2)16-10-21(33)20(28-7-8-32)6-5-18(16)30-19-4-3-14(9-17(19)25)31-12-15(36-24(31)35)11-29-23(34)22(26)27/h3-6,9-10,13,15,22,30,32H,7-8,11-12H2,1-2H3,(H,28,33)(H,29,34)/t15-/m0/s1. The molecule has 12 heteroatoms. The monoisotopic (exact) mass is 508 g/mol. The van der Waals surface area contributed by atoms with Crippen LogP contribution in [0.4, 0.5) is 40.7 Å². The van der Waals surface area contributed by atoms with Crippen molar-refractivity contribution in [2.45, 2.75) is 32.3 Å². The van der Waals surface area contributed by atoms with E-state index in [1.165, 1.54) is 18.2 Å². The van der Waals surface area contributed by atoms with E-state index in [4.69, 9.17) is 9.84 Å². The summed E-state index contributed by atoms with van der Waals surface area (Å²) in [5, 5.41) is 16.8. The van der Waals surface area contributed by atoms with Crippen LogP contribution in [-0.4, -0.2) is 55.9 Å². The van der Waals surface area contributed by atoms with E-state index >= 15 is 4.39 Å². The number of halogens is 3. The minimum absolute atomic E-state index is 0.0590. The number of benzene rings is 1. The summed E-state index contributed by atoms with van der Waals surface area (Å²) in [5.41, 5.74) is 1.45. The van der Waals surface area contributed by atoms with E-state index in [0.717, 1.165) is 11.0 Å². The van der Waals surface area contributed by atoms with Crippen LogP contribution in [0.1, 0.15) is 25.3 Å². The number of alkyl halides is 2. The Bertz CT molecular complexity index is 1180. The zero-order chi connectivity index (χ0) is 26.4. The number of hydrogen-bond donors (Lipinski definition) is 4. The highest BCUT2D eigenvalue weighted by Gasteiger charge is 2.33. The van der Waals surface area contributed by atoms with Gasteiger partial charge in [0.1, 0.15) is 11.9 Å². The number of aliphatic hydroxyl groups is 1. The highest BCUT2D eigenvalue weighted by Crippen LogP contribution is 2.30. The summed E-state index contributed by atoms with van der Waals surface area (Å²) in [5.74, 6) is -2.22. The normalized spacial score (nSPS) is 15.3. The second-order valence-corrected chi connectivity index (χ2v) is 8.38. The van der Waals surface area contributed by atoms with Crippen molar-refractivity contribution in [1.29, 1.82) is 0 Å². The number of rotatable bonds is 10. The average Bonchev–Trinajstić information content (AvgIpc) is 3.12. The van der Waals surface area contributed by atoms with Gasteiger partial charge in [0.15, 0.2) is 0 Å². The van der Waals surface area contributed by atoms with Gasteiger partial charge in [-0.3, -0.25) is 14.5 Å². The first-order valence-corrected chi connectivity index (χ1v) is 11.2. The van der Waals surface area contributed by atoms with E-state index in [2.05, 4.69) is 10.6 Å². The fourth-order valence-electron chi connectivity index (χ4n) is 3.62. The zero-order valence-corrected chi connectivity index (χ0v) is 19.7. The van der Waals surface area contributed by atoms with Gasteiger partial charge in [0.25, 0.3) is 5.91 Å². The van der Waals surface area contributed by atoms with Gasteiger partial charge >= 0.3 is 12.5 Å². The molecule has 1 atom stereocenters. The van der Waals surface area contributed by atoms with Crippen LogP contribution in [0.2, 0.25) is 0 Å². The predicted octanol–water partition coefficient (Wildman–Crippen LogP) is 3.16. The van der Waals surface area contributed by atoms with Crippen LogP contribution >= 0.6 is 0 Å². The lowest BCUT2D eigenvalue weighted by molar-refractivity contribution is -0.132. The Morgan fingerprint density at radius 1 is 1.14 bits per heavy atom. The Morgan fingerprint density at radius 2 is 1.83 bits per heavy atom. The van der Waals surface area contributed by atoms with Crippen LogP contribution in [0, 0.1) is 5.82 Å². The number of aliphatic hydroxyl groups excluding tert-OH is 1. The van der Waals surface area contributed by atoms with Crippen LogP contribution in [0.5, 0.6) is 0 Å². The molecule has 2 amide bonds. The third kappa shape index (κ3) is 6.45. The third-order valence-electron chi connectivity index (χ3n) is 5.44. The van der Waals surface area contributed by atoms with Crippen molar-refractivity contribution in [2.75, 3.05) is 41.8 Å². The molecule has 1 saturated heterocycles. The molecule has 1 heterocycles. The minimum Gasteiger partial charge on any atom is -0.442 e. The molecule has 3 rings (SSSR count). The van der Waals surface area contributed by atoms with Gasteiger partial charge in [-0.05, 0) is 47.9 Å². The van der Waals surface area contributed by atoms with Crippen LogP contribution in [0.3, 0.4) is 0 Å². The predicted molar refractivity (Wildman–Crippen MR) is 129 cm³/mol. The molecular formula is C24H27F3N4O5. The van der Waals surface area contributed by atoms with Crippen molar-refractivity contribution in [3.8, 4) is 0 Å². The van der Waals surface area contributed by atoms with Gasteiger partial charge in [-0.2, -0.15) is 8.78 Å². The maximum absolute atomic E-state index is 15.0. The molecule has 1 fully saturated rings. The number of nitrogens with one attached hydrogen (secondary N) is 3. The van der Waals surface area contributed by atoms with Gasteiger partial charge < -0.3 is 25.8 Å². The summed E-state index contributed by atoms with van der Waals surface area (Å²) >= 11 is 0.